The van der Waals surface area contributed by atoms with E-state index in [1.165, 1.54) is 12.0 Å². The summed E-state index contributed by atoms with van der Waals surface area (Å²) in [5.74, 6) is -2.38. The van der Waals surface area contributed by atoms with Gasteiger partial charge in [0, 0.05) is 31.4 Å². The van der Waals surface area contributed by atoms with E-state index in [9.17, 15) is 13.6 Å². The Bertz CT molecular complexity index is 906. The van der Waals surface area contributed by atoms with Gasteiger partial charge in [-0.15, -0.1) is 0 Å². The Labute approximate surface area is 160 Å². The maximum atomic E-state index is 14.3. The number of hydrogen-bond donors (Lipinski definition) is 1. The number of piperidine rings is 1. The molecular formula is C19H20F2N4O3. The Kier molecular flexibility index (Phi) is 4.62. The topological polar surface area (TPSA) is 90.6 Å². The van der Waals surface area contributed by atoms with Crippen LogP contribution in [-0.2, 0) is 16.8 Å². The lowest BCUT2D eigenvalue weighted by molar-refractivity contribution is -0.0967. The minimum absolute atomic E-state index is 0.0219. The molecule has 2 aromatic rings. The number of rotatable bonds is 2. The van der Waals surface area contributed by atoms with Crippen LogP contribution >= 0.6 is 0 Å². The highest BCUT2D eigenvalue weighted by molar-refractivity contribution is 5.95. The van der Waals surface area contributed by atoms with E-state index in [-0.39, 0.29) is 24.8 Å². The molecule has 1 saturated heterocycles. The van der Waals surface area contributed by atoms with Crippen LogP contribution in [0.3, 0.4) is 0 Å². The molecule has 0 atom stereocenters. The maximum Gasteiger partial charge on any atom is 0.259 e. The standard InChI is InChI=1S/C19H20F2N4O3/c1-27-12-8-13(20)15(14(21)9-12)17(26)25-5-3-19(4-6-25)16-11(2-7-28-19)10-23-18(22)24-16/h8-10H,2-7H2,1H3,(H2,22,23,24). The van der Waals surface area contributed by atoms with E-state index in [0.29, 0.717) is 25.9 Å². The van der Waals surface area contributed by atoms with Crippen molar-refractivity contribution >= 4 is 11.9 Å². The van der Waals surface area contributed by atoms with Crippen molar-refractivity contribution in [2.75, 3.05) is 32.5 Å². The number of nitrogens with zero attached hydrogens (tertiary/aromatic N) is 3. The first-order valence-electron chi connectivity index (χ1n) is 9.02. The van der Waals surface area contributed by atoms with E-state index in [4.69, 9.17) is 15.2 Å². The van der Waals surface area contributed by atoms with Crippen molar-refractivity contribution in [1.82, 2.24) is 14.9 Å². The van der Waals surface area contributed by atoms with Gasteiger partial charge in [0.15, 0.2) is 0 Å². The number of ether oxygens (including phenoxy) is 2. The fourth-order valence-electron chi connectivity index (χ4n) is 3.90. The number of carbonyl (C=O) groups is 1. The Morgan fingerprint density at radius 2 is 1.96 bits per heavy atom. The molecule has 0 saturated carbocycles. The van der Waals surface area contributed by atoms with E-state index in [0.717, 1.165) is 23.4 Å². The second-order valence-electron chi connectivity index (χ2n) is 6.95. The summed E-state index contributed by atoms with van der Waals surface area (Å²) < 4.78 is 39.4. The summed E-state index contributed by atoms with van der Waals surface area (Å²) in [7, 11) is 1.30. The molecule has 1 aromatic carbocycles. The molecule has 1 fully saturated rings. The largest absolute Gasteiger partial charge is 0.497 e. The summed E-state index contributed by atoms with van der Waals surface area (Å²) in [6.45, 7) is 1.09. The van der Waals surface area contributed by atoms with Crippen LogP contribution < -0.4 is 10.5 Å². The number of anilines is 1. The Hall–Kier alpha value is -2.81. The molecule has 2 aliphatic heterocycles. The zero-order valence-electron chi connectivity index (χ0n) is 15.4. The minimum Gasteiger partial charge on any atom is -0.497 e. The molecule has 2 N–H and O–H groups in total. The second-order valence-corrected chi connectivity index (χ2v) is 6.95. The summed E-state index contributed by atoms with van der Waals surface area (Å²) >= 11 is 0. The van der Waals surface area contributed by atoms with Crippen molar-refractivity contribution in [3.63, 3.8) is 0 Å². The third kappa shape index (κ3) is 3.05. The molecule has 1 spiro atoms. The number of amides is 1. The van der Waals surface area contributed by atoms with Gasteiger partial charge in [-0.25, -0.2) is 18.7 Å². The average Bonchev–Trinajstić information content (AvgIpc) is 2.68. The number of carbonyl (C=O) groups excluding carboxylic acids is 1. The highest BCUT2D eigenvalue weighted by Crippen LogP contribution is 2.40. The van der Waals surface area contributed by atoms with Crippen LogP contribution in [0.4, 0.5) is 14.7 Å². The van der Waals surface area contributed by atoms with Gasteiger partial charge in [0.25, 0.3) is 5.91 Å². The molecule has 9 heteroatoms. The lowest BCUT2D eigenvalue weighted by Crippen LogP contribution is -2.49. The van der Waals surface area contributed by atoms with Crippen LogP contribution in [0.15, 0.2) is 18.3 Å². The Balaban J connectivity index is 1.56. The number of halogens is 2. The highest BCUT2D eigenvalue weighted by atomic mass is 19.1. The van der Waals surface area contributed by atoms with Crippen molar-refractivity contribution < 1.29 is 23.0 Å². The summed E-state index contributed by atoms with van der Waals surface area (Å²) in [5.41, 5.74) is 6.24. The average molecular weight is 390 g/mol. The monoisotopic (exact) mass is 390 g/mol. The number of likely N-dealkylation sites (tertiary alicyclic amines) is 1. The zero-order chi connectivity index (χ0) is 19.9. The van der Waals surface area contributed by atoms with Gasteiger partial charge in [-0.05, 0) is 24.8 Å². The zero-order valence-corrected chi connectivity index (χ0v) is 15.4. The predicted octanol–water partition coefficient (Wildman–Crippen LogP) is 2.05. The van der Waals surface area contributed by atoms with E-state index in [2.05, 4.69) is 9.97 Å². The molecule has 0 bridgehead atoms. The molecular weight excluding hydrogens is 370 g/mol. The van der Waals surface area contributed by atoms with Crippen molar-refractivity contribution in [2.45, 2.75) is 24.9 Å². The first-order valence-corrected chi connectivity index (χ1v) is 9.02. The summed E-state index contributed by atoms with van der Waals surface area (Å²) in [4.78, 5) is 22.6. The Morgan fingerprint density at radius 1 is 1.29 bits per heavy atom. The van der Waals surface area contributed by atoms with Gasteiger partial charge in [-0.2, -0.15) is 0 Å². The molecule has 1 aromatic heterocycles. The smallest absolute Gasteiger partial charge is 0.259 e. The molecule has 2 aliphatic rings. The fourth-order valence-corrected chi connectivity index (χ4v) is 3.90. The van der Waals surface area contributed by atoms with E-state index in [1.54, 1.807) is 6.20 Å². The summed E-state index contributed by atoms with van der Waals surface area (Å²) in [6, 6.07) is 2.00. The van der Waals surface area contributed by atoms with Crippen molar-refractivity contribution in [3.05, 3.63) is 46.8 Å². The lowest BCUT2D eigenvalue weighted by Gasteiger charge is -2.44. The number of fused-ring (bicyclic) bond motifs is 2. The molecule has 7 nitrogen and oxygen atoms in total. The minimum atomic E-state index is -0.943. The molecule has 3 heterocycles. The highest BCUT2D eigenvalue weighted by Gasteiger charge is 2.43. The molecule has 0 aliphatic carbocycles. The van der Waals surface area contributed by atoms with Gasteiger partial charge in [-0.3, -0.25) is 4.79 Å². The normalized spacial score (nSPS) is 18.0. The van der Waals surface area contributed by atoms with Gasteiger partial charge < -0.3 is 20.1 Å². The van der Waals surface area contributed by atoms with Crippen LogP contribution in [0.2, 0.25) is 0 Å². The number of methoxy groups -OCH3 is 1. The first-order chi connectivity index (χ1) is 13.4. The number of aromatic nitrogens is 2. The van der Waals surface area contributed by atoms with E-state index in [1.807, 2.05) is 0 Å². The molecule has 0 radical (unpaired) electrons. The number of benzene rings is 1. The van der Waals surface area contributed by atoms with Gasteiger partial charge >= 0.3 is 0 Å². The number of nitrogens with two attached hydrogens (primary N) is 1. The van der Waals surface area contributed by atoms with Crippen molar-refractivity contribution in [2.24, 2.45) is 0 Å². The van der Waals surface area contributed by atoms with Crippen molar-refractivity contribution in [3.8, 4) is 5.75 Å². The first kappa shape index (κ1) is 18.5. The summed E-state index contributed by atoms with van der Waals surface area (Å²) in [5, 5.41) is 0. The van der Waals surface area contributed by atoms with E-state index >= 15 is 0 Å². The molecule has 4 rings (SSSR count). The third-order valence-electron chi connectivity index (χ3n) is 5.39. The molecule has 1 amide bonds. The summed E-state index contributed by atoms with van der Waals surface area (Å²) in [6.07, 6.45) is 3.33. The molecule has 148 valence electrons. The fraction of sp³-hybridized carbons (Fsp3) is 0.421. The van der Waals surface area contributed by atoms with Gasteiger partial charge in [0.1, 0.15) is 28.5 Å². The van der Waals surface area contributed by atoms with Crippen LogP contribution in [0.1, 0.15) is 34.5 Å². The second kappa shape index (κ2) is 6.97. The maximum absolute atomic E-state index is 14.3. The van der Waals surface area contributed by atoms with E-state index < -0.39 is 28.7 Å². The van der Waals surface area contributed by atoms with Crippen LogP contribution in [-0.4, -0.2) is 47.6 Å². The van der Waals surface area contributed by atoms with Crippen LogP contribution in [0, 0.1) is 11.6 Å². The van der Waals surface area contributed by atoms with Crippen LogP contribution in [0.5, 0.6) is 5.75 Å². The SMILES string of the molecule is COc1cc(F)c(C(=O)N2CCC3(CC2)OCCc2cnc(N)nc23)c(F)c1. The third-order valence-corrected chi connectivity index (χ3v) is 5.39. The lowest BCUT2D eigenvalue weighted by atomic mass is 9.83. The number of hydrogen-bond acceptors (Lipinski definition) is 6. The molecule has 0 unspecified atom stereocenters. The quantitative estimate of drug-likeness (QED) is 0.844. The predicted molar refractivity (Wildman–Crippen MR) is 95.8 cm³/mol. The Morgan fingerprint density at radius 3 is 2.61 bits per heavy atom. The molecule has 28 heavy (non-hydrogen) atoms. The van der Waals surface area contributed by atoms with Gasteiger partial charge in [0.2, 0.25) is 5.95 Å². The van der Waals surface area contributed by atoms with Gasteiger partial charge in [-0.1, -0.05) is 0 Å². The van der Waals surface area contributed by atoms with Gasteiger partial charge in [0.05, 0.1) is 19.4 Å². The number of nitrogen functional groups attached to an aromatic ring is 1. The van der Waals surface area contributed by atoms with Crippen molar-refractivity contribution in [1.29, 1.82) is 0 Å². The van der Waals surface area contributed by atoms with Crippen LogP contribution in [0.25, 0.3) is 0 Å².